The molecule has 6 nitrogen and oxygen atoms in total. The van der Waals surface area contributed by atoms with E-state index < -0.39 is 5.60 Å². The summed E-state index contributed by atoms with van der Waals surface area (Å²) in [6.45, 7) is 1.69. The second-order valence-corrected chi connectivity index (χ2v) is 8.35. The topological polar surface area (TPSA) is 71.0 Å². The van der Waals surface area contributed by atoms with Crippen molar-refractivity contribution < 1.29 is 14.4 Å². The third kappa shape index (κ3) is 4.74. The summed E-state index contributed by atoms with van der Waals surface area (Å²) >= 11 is 1.61. The van der Waals surface area contributed by atoms with E-state index in [0.29, 0.717) is 44.6 Å². The smallest absolute Gasteiger partial charge is 0.269 e. The highest BCUT2D eigenvalue weighted by Gasteiger charge is 2.44. The molecular formula is C22H23N3O3S. The van der Waals surface area contributed by atoms with Crippen LogP contribution < -0.4 is 5.32 Å². The number of thiophene rings is 1. The van der Waals surface area contributed by atoms with Crippen molar-refractivity contribution in [1.29, 1.82) is 0 Å². The SMILES string of the molecule is O=C(NCc1cccs1)C1=NOC2(CCN(C(=O)C=Cc3ccccc3)CC2)C1. The van der Waals surface area contributed by atoms with Gasteiger partial charge in [-0.05, 0) is 23.1 Å². The Morgan fingerprint density at radius 1 is 1.17 bits per heavy atom. The first-order valence-corrected chi connectivity index (χ1v) is 10.6. The maximum Gasteiger partial charge on any atom is 0.269 e. The van der Waals surface area contributed by atoms with E-state index in [0.717, 1.165) is 10.4 Å². The van der Waals surface area contributed by atoms with Gasteiger partial charge in [-0.25, -0.2) is 0 Å². The van der Waals surface area contributed by atoms with Gasteiger partial charge in [-0.3, -0.25) is 9.59 Å². The first kappa shape index (κ1) is 19.4. The molecule has 3 heterocycles. The van der Waals surface area contributed by atoms with Gasteiger partial charge in [0, 0.05) is 43.3 Å². The Morgan fingerprint density at radius 3 is 2.69 bits per heavy atom. The molecule has 1 aromatic heterocycles. The molecule has 2 aliphatic rings. The molecule has 0 aliphatic carbocycles. The summed E-state index contributed by atoms with van der Waals surface area (Å²) < 4.78 is 0. The minimum Gasteiger partial charge on any atom is -0.388 e. The maximum absolute atomic E-state index is 12.5. The van der Waals surface area contributed by atoms with Crippen LogP contribution in [-0.2, 0) is 21.0 Å². The standard InChI is InChI=1S/C22H23N3O3S/c26-20(9-8-17-5-2-1-3-6-17)25-12-10-22(11-13-25)15-19(24-28-22)21(27)23-16-18-7-4-14-29-18/h1-9,14H,10-13,15-16H2,(H,23,27). The quantitative estimate of drug-likeness (QED) is 0.771. The number of carbonyl (C=O) groups excluding carboxylic acids is 2. The number of amides is 2. The molecule has 29 heavy (non-hydrogen) atoms. The van der Waals surface area contributed by atoms with Gasteiger partial charge in [-0.1, -0.05) is 41.6 Å². The van der Waals surface area contributed by atoms with Crippen LogP contribution in [-0.4, -0.2) is 41.1 Å². The van der Waals surface area contributed by atoms with Gasteiger partial charge in [-0.2, -0.15) is 0 Å². The van der Waals surface area contributed by atoms with Gasteiger partial charge in [-0.15, -0.1) is 11.3 Å². The Labute approximate surface area is 173 Å². The largest absolute Gasteiger partial charge is 0.388 e. The van der Waals surface area contributed by atoms with Crippen LogP contribution in [0, 0.1) is 0 Å². The molecule has 2 amide bonds. The van der Waals surface area contributed by atoms with Gasteiger partial charge in [0.05, 0.1) is 6.54 Å². The molecule has 1 spiro atoms. The van der Waals surface area contributed by atoms with E-state index >= 15 is 0 Å². The number of likely N-dealkylation sites (tertiary alicyclic amines) is 1. The van der Waals surface area contributed by atoms with Crippen LogP contribution in [0.1, 0.15) is 29.7 Å². The van der Waals surface area contributed by atoms with Crippen LogP contribution in [0.3, 0.4) is 0 Å². The fraction of sp³-hybridized carbons (Fsp3) is 0.318. The molecule has 0 unspecified atom stereocenters. The summed E-state index contributed by atoms with van der Waals surface area (Å²) in [5.74, 6) is -0.184. The molecule has 7 heteroatoms. The van der Waals surface area contributed by atoms with Crippen LogP contribution in [0.4, 0.5) is 0 Å². The predicted octanol–water partition coefficient (Wildman–Crippen LogP) is 3.22. The number of carbonyl (C=O) groups is 2. The van der Waals surface area contributed by atoms with Crippen molar-refractivity contribution in [3.8, 4) is 0 Å². The van der Waals surface area contributed by atoms with Gasteiger partial charge >= 0.3 is 0 Å². The number of nitrogens with zero attached hydrogens (tertiary/aromatic N) is 2. The van der Waals surface area contributed by atoms with Crippen LogP contribution in [0.2, 0.25) is 0 Å². The third-order valence-electron chi connectivity index (χ3n) is 5.31. The first-order valence-electron chi connectivity index (χ1n) is 9.71. The first-order chi connectivity index (χ1) is 14.1. The van der Waals surface area contributed by atoms with Crippen molar-refractivity contribution in [2.45, 2.75) is 31.4 Å². The second-order valence-electron chi connectivity index (χ2n) is 7.32. The summed E-state index contributed by atoms with van der Waals surface area (Å²) in [5, 5.41) is 8.93. The lowest BCUT2D eigenvalue weighted by molar-refractivity contribution is -0.131. The molecule has 1 saturated heterocycles. The molecule has 150 valence electrons. The fourth-order valence-electron chi connectivity index (χ4n) is 3.57. The monoisotopic (exact) mass is 409 g/mol. The van der Waals surface area contributed by atoms with Gasteiger partial charge in [0.25, 0.3) is 5.91 Å². The van der Waals surface area contributed by atoms with Gasteiger partial charge < -0.3 is 15.1 Å². The molecule has 1 fully saturated rings. The number of piperidine rings is 1. The molecule has 0 atom stereocenters. The maximum atomic E-state index is 12.5. The van der Waals surface area contributed by atoms with Crippen molar-refractivity contribution in [2.24, 2.45) is 5.16 Å². The predicted molar refractivity (Wildman–Crippen MR) is 113 cm³/mol. The van der Waals surface area contributed by atoms with Gasteiger partial charge in [0.1, 0.15) is 11.3 Å². The molecule has 0 bridgehead atoms. The number of rotatable bonds is 5. The van der Waals surface area contributed by atoms with E-state index in [1.165, 1.54) is 0 Å². The van der Waals surface area contributed by atoms with Crippen molar-refractivity contribution in [1.82, 2.24) is 10.2 Å². The Morgan fingerprint density at radius 2 is 1.97 bits per heavy atom. The average Bonchev–Trinajstić information content (AvgIpc) is 3.42. The van der Waals surface area contributed by atoms with Crippen molar-refractivity contribution in [2.75, 3.05) is 13.1 Å². The second kappa shape index (κ2) is 8.61. The lowest BCUT2D eigenvalue weighted by Crippen LogP contribution is -2.47. The molecule has 2 aromatic rings. The Kier molecular flexibility index (Phi) is 5.76. The zero-order chi connectivity index (χ0) is 20.1. The Bertz CT molecular complexity index is 914. The number of benzene rings is 1. The molecule has 2 aliphatic heterocycles. The molecule has 0 saturated carbocycles. The highest BCUT2D eigenvalue weighted by Crippen LogP contribution is 2.34. The Balaban J connectivity index is 1.25. The van der Waals surface area contributed by atoms with Crippen LogP contribution in [0.25, 0.3) is 6.08 Å². The van der Waals surface area contributed by atoms with Crippen LogP contribution >= 0.6 is 11.3 Å². The van der Waals surface area contributed by atoms with E-state index in [1.807, 2.05) is 58.8 Å². The molecular weight excluding hydrogens is 386 g/mol. The summed E-state index contributed by atoms with van der Waals surface area (Å²) in [6, 6.07) is 13.7. The normalized spacial score (nSPS) is 17.9. The van der Waals surface area contributed by atoms with Crippen LogP contribution in [0.5, 0.6) is 0 Å². The lowest BCUT2D eigenvalue weighted by atomic mass is 9.86. The molecule has 1 aromatic carbocycles. The van der Waals surface area contributed by atoms with Crippen molar-refractivity contribution in [3.63, 3.8) is 0 Å². The van der Waals surface area contributed by atoms with E-state index in [2.05, 4.69) is 10.5 Å². The van der Waals surface area contributed by atoms with Crippen LogP contribution in [0.15, 0.2) is 59.1 Å². The highest BCUT2D eigenvalue weighted by atomic mass is 32.1. The van der Waals surface area contributed by atoms with E-state index in [1.54, 1.807) is 17.4 Å². The zero-order valence-electron chi connectivity index (χ0n) is 16.0. The average molecular weight is 410 g/mol. The molecule has 1 N–H and O–H groups in total. The summed E-state index contributed by atoms with van der Waals surface area (Å²) in [4.78, 5) is 33.4. The Hall–Kier alpha value is -2.93. The number of oxime groups is 1. The number of nitrogens with one attached hydrogen (secondary N) is 1. The van der Waals surface area contributed by atoms with Gasteiger partial charge in [0.15, 0.2) is 0 Å². The van der Waals surface area contributed by atoms with Crippen molar-refractivity contribution in [3.05, 3.63) is 64.4 Å². The molecule has 4 rings (SSSR count). The zero-order valence-corrected chi connectivity index (χ0v) is 16.9. The third-order valence-corrected chi connectivity index (χ3v) is 6.19. The summed E-state index contributed by atoms with van der Waals surface area (Å²) in [7, 11) is 0. The van der Waals surface area contributed by atoms with Gasteiger partial charge in [0.2, 0.25) is 5.91 Å². The fourth-order valence-corrected chi connectivity index (χ4v) is 4.21. The molecule has 0 radical (unpaired) electrons. The van der Waals surface area contributed by atoms with Crippen molar-refractivity contribution >= 4 is 34.9 Å². The minimum atomic E-state index is -0.463. The summed E-state index contributed by atoms with van der Waals surface area (Å²) in [6.07, 6.45) is 5.28. The van der Waals surface area contributed by atoms with E-state index in [4.69, 9.17) is 4.84 Å². The number of hydrogen-bond acceptors (Lipinski definition) is 5. The summed E-state index contributed by atoms with van der Waals surface area (Å²) in [5.41, 5.74) is 0.973. The minimum absolute atomic E-state index is 0.00321. The lowest BCUT2D eigenvalue weighted by Gasteiger charge is -2.36. The number of hydrogen-bond donors (Lipinski definition) is 1. The highest BCUT2D eigenvalue weighted by molar-refractivity contribution is 7.09. The van der Waals surface area contributed by atoms with E-state index in [9.17, 15) is 9.59 Å². The van der Waals surface area contributed by atoms with E-state index in [-0.39, 0.29) is 11.8 Å².